The van der Waals surface area contributed by atoms with E-state index in [0.717, 1.165) is 11.6 Å². The van der Waals surface area contributed by atoms with Crippen LogP contribution in [0.4, 0.5) is 14.5 Å². The van der Waals surface area contributed by atoms with E-state index in [1.165, 1.54) is 18.3 Å². The first kappa shape index (κ1) is 10.5. The van der Waals surface area contributed by atoms with Crippen molar-refractivity contribution in [1.29, 1.82) is 0 Å². The molecule has 4 heteroatoms. The first-order chi connectivity index (χ1) is 7.56. The molecule has 0 fully saturated rings. The number of rotatable bonds is 1. The van der Waals surface area contributed by atoms with E-state index >= 15 is 0 Å². The van der Waals surface area contributed by atoms with Gasteiger partial charge in [-0.1, -0.05) is 0 Å². The Bertz CT molecular complexity index is 518. The molecule has 0 radical (unpaired) electrons. The Morgan fingerprint density at radius 3 is 2.25 bits per heavy atom. The van der Waals surface area contributed by atoms with Gasteiger partial charge in [0, 0.05) is 11.6 Å². The lowest BCUT2D eigenvalue weighted by Gasteiger charge is -2.06. The van der Waals surface area contributed by atoms with Crippen LogP contribution in [-0.2, 0) is 0 Å². The summed E-state index contributed by atoms with van der Waals surface area (Å²) in [5.74, 6) is -1.24. The molecule has 0 atom stereocenters. The van der Waals surface area contributed by atoms with E-state index in [1.807, 2.05) is 0 Å². The topological polar surface area (TPSA) is 38.9 Å². The fraction of sp³-hybridized carbons (Fsp3) is 0.0833. The number of hydrogen-bond acceptors (Lipinski definition) is 2. The van der Waals surface area contributed by atoms with Crippen molar-refractivity contribution < 1.29 is 8.78 Å². The molecule has 0 bridgehead atoms. The van der Waals surface area contributed by atoms with Gasteiger partial charge in [0.1, 0.15) is 11.6 Å². The standard InChI is InChI=1S/C12H10F2N2/c1-7-2-11(15)6-16-12(7)8-3-9(13)5-10(14)4-8/h2-6H,15H2,1H3. The molecule has 2 rings (SSSR count). The molecule has 1 aromatic heterocycles. The molecule has 0 amide bonds. The quantitative estimate of drug-likeness (QED) is 0.802. The Labute approximate surface area is 91.7 Å². The molecule has 16 heavy (non-hydrogen) atoms. The average molecular weight is 220 g/mol. The van der Waals surface area contributed by atoms with Gasteiger partial charge in [-0.15, -0.1) is 0 Å². The molecular formula is C12H10F2N2. The van der Waals surface area contributed by atoms with E-state index in [0.29, 0.717) is 16.9 Å². The Hall–Kier alpha value is -1.97. The van der Waals surface area contributed by atoms with Gasteiger partial charge in [-0.2, -0.15) is 0 Å². The summed E-state index contributed by atoms with van der Waals surface area (Å²) in [7, 11) is 0. The number of halogens is 2. The van der Waals surface area contributed by atoms with Crippen molar-refractivity contribution in [3.63, 3.8) is 0 Å². The number of anilines is 1. The van der Waals surface area contributed by atoms with Crippen molar-refractivity contribution in [3.8, 4) is 11.3 Å². The minimum atomic E-state index is -0.618. The first-order valence-corrected chi connectivity index (χ1v) is 4.75. The highest BCUT2D eigenvalue weighted by atomic mass is 19.1. The summed E-state index contributed by atoms with van der Waals surface area (Å²) in [6.45, 7) is 1.79. The Kier molecular flexibility index (Phi) is 2.56. The monoisotopic (exact) mass is 220 g/mol. The lowest BCUT2D eigenvalue weighted by Crippen LogP contribution is -1.93. The molecule has 0 aliphatic rings. The second kappa shape index (κ2) is 3.89. The van der Waals surface area contributed by atoms with Gasteiger partial charge in [0.05, 0.1) is 17.6 Å². The van der Waals surface area contributed by atoms with Gasteiger partial charge in [0.25, 0.3) is 0 Å². The van der Waals surface area contributed by atoms with Crippen molar-refractivity contribution in [3.05, 3.63) is 47.7 Å². The van der Waals surface area contributed by atoms with Gasteiger partial charge < -0.3 is 5.73 Å². The second-order valence-electron chi connectivity index (χ2n) is 3.59. The van der Waals surface area contributed by atoms with Gasteiger partial charge in [0.2, 0.25) is 0 Å². The summed E-state index contributed by atoms with van der Waals surface area (Å²) < 4.78 is 26.1. The lowest BCUT2D eigenvalue weighted by molar-refractivity contribution is 0.584. The van der Waals surface area contributed by atoms with E-state index in [4.69, 9.17) is 5.73 Å². The molecule has 2 nitrogen and oxygen atoms in total. The summed E-state index contributed by atoms with van der Waals surface area (Å²) in [6, 6.07) is 5.03. The molecular weight excluding hydrogens is 210 g/mol. The number of hydrogen-bond donors (Lipinski definition) is 1. The highest BCUT2D eigenvalue weighted by Gasteiger charge is 2.07. The maximum atomic E-state index is 13.0. The minimum Gasteiger partial charge on any atom is -0.397 e. The van der Waals surface area contributed by atoms with Crippen molar-refractivity contribution in [2.24, 2.45) is 0 Å². The molecule has 0 saturated heterocycles. The zero-order chi connectivity index (χ0) is 11.7. The number of pyridine rings is 1. The van der Waals surface area contributed by atoms with Crippen LogP contribution >= 0.6 is 0 Å². The molecule has 1 aromatic carbocycles. The van der Waals surface area contributed by atoms with E-state index in [-0.39, 0.29) is 0 Å². The fourth-order valence-electron chi connectivity index (χ4n) is 1.59. The Morgan fingerprint density at radius 2 is 1.69 bits per heavy atom. The minimum absolute atomic E-state index is 0.412. The van der Waals surface area contributed by atoms with Crippen LogP contribution in [0.25, 0.3) is 11.3 Å². The van der Waals surface area contributed by atoms with Crippen molar-refractivity contribution in [1.82, 2.24) is 4.98 Å². The summed E-state index contributed by atoms with van der Waals surface area (Å²) in [5, 5.41) is 0. The summed E-state index contributed by atoms with van der Waals surface area (Å²) in [4.78, 5) is 4.07. The van der Waals surface area contributed by atoms with Crippen molar-refractivity contribution in [2.45, 2.75) is 6.92 Å². The highest BCUT2D eigenvalue weighted by molar-refractivity contribution is 5.64. The second-order valence-corrected chi connectivity index (χ2v) is 3.59. The number of benzene rings is 1. The van der Waals surface area contributed by atoms with E-state index in [2.05, 4.69) is 4.98 Å². The zero-order valence-corrected chi connectivity index (χ0v) is 8.67. The Balaban J connectivity index is 2.58. The number of nitrogen functional groups attached to an aromatic ring is 1. The van der Waals surface area contributed by atoms with Gasteiger partial charge in [-0.05, 0) is 30.7 Å². The number of nitrogens with zero attached hydrogens (tertiary/aromatic N) is 1. The predicted molar refractivity (Wildman–Crippen MR) is 58.7 cm³/mol. The van der Waals surface area contributed by atoms with Crippen LogP contribution in [0.2, 0.25) is 0 Å². The molecule has 2 N–H and O–H groups in total. The third-order valence-corrected chi connectivity index (χ3v) is 2.24. The molecule has 0 aliphatic heterocycles. The number of nitrogens with two attached hydrogens (primary N) is 1. The molecule has 2 aromatic rings. The van der Waals surface area contributed by atoms with Crippen molar-refractivity contribution >= 4 is 5.69 Å². The summed E-state index contributed by atoms with van der Waals surface area (Å²) >= 11 is 0. The van der Waals surface area contributed by atoms with Crippen LogP contribution < -0.4 is 5.73 Å². The van der Waals surface area contributed by atoms with Gasteiger partial charge in [-0.3, -0.25) is 4.98 Å². The normalized spacial score (nSPS) is 10.4. The summed E-state index contributed by atoms with van der Waals surface area (Å²) in [5.41, 5.74) is 7.81. The maximum absolute atomic E-state index is 13.0. The molecule has 0 aliphatic carbocycles. The van der Waals surface area contributed by atoms with E-state index in [9.17, 15) is 8.78 Å². The molecule has 0 spiro atoms. The zero-order valence-electron chi connectivity index (χ0n) is 8.67. The van der Waals surface area contributed by atoms with Crippen LogP contribution in [0.3, 0.4) is 0 Å². The van der Waals surface area contributed by atoms with Crippen LogP contribution in [0.1, 0.15) is 5.56 Å². The molecule has 1 heterocycles. The van der Waals surface area contributed by atoms with Gasteiger partial charge in [-0.25, -0.2) is 8.78 Å². The van der Waals surface area contributed by atoms with Crippen LogP contribution in [0, 0.1) is 18.6 Å². The molecule has 0 unspecified atom stereocenters. The number of aryl methyl sites for hydroxylation is 1. The summed E-state index contributed by atoms with van der Waals surface area (Å²) in [6.07, 6.45) is 1.46. The van der Waals surface area contributed by atoms with Crippen LogP contribution in [0.15, 0.2) is 30.5 Å². The smallest absolute Gasteiger partial charge is 0.126 e. The first-order valence-electron chi connectivity index (χ1n) is 4.75. The highest BCUT2D eigenvalue weighted by Crippen LogP contribution is 2.23. The van der Waals surface area contributed by atoms with Crippen molar-refractivity contribution in [2.75, 3.05) is 5.73 Å². The Morgan fingerprint density at radius 1 is 1.06 bits per heavy atom. The maximum Gasteiger partial charge on any atom is 0.126 e. The van der Waals surface area contributed by atoms with E-state index in [1.54, 1.807) is 13.0 Å². The number of aromatic nitrogens is 1. The van der Waals surface area contributed by atoms with Crippen LogP contribution in [-0.4, -0.2) is 4.98 Å². The van der Waals surface area contributed by atoms with Crippen LogP contribution in [0.5, 0.6) is 0 Å². The van der Waals surface area contributed by atoms with Gasteiger partial charge in [0.15, 0.2) is 0 Å². The molecule has 82 valence electrons. The lowest BCUT2D eigenvalue weighted by atomic mass is 10.1. The third kappa shape index (κ3) is 2.00. The van der Waals surface area contributed by atoms with E-state index < -0.39 is 11.6 Å². The third-order valence-electron chi connectivity index (χ3n) is 2.24. The predicted octanol–water partition coefficient (Wildman–Crippen LogP) is 2.92. The molecule has 0 saturated carbocycles. The largest absolute Gasteiger partial charge is 0.397 e. The average Bonchev–Trinajstić information content (AvgIpc) is 2.15. The fourth-order valence-corrected chi connectivity index (χ4v) is 1.59. The van der Waals surface area contributed by atoms with Gasteiger partial charge >= 0.3 is 0 Å². The SMILES string of the molecule is Cc1cc(N)cnc1-c1cc(F)cc(F)c1.